The van der Waals surface area contributed by atoms with Crippen molar-refractivity contribution in [3.8, 4) is 11.5 Å². The Balaban J connectivity index is 3.12. The maximum absolute atomic E-state index is 12.0. The summed E-state index contributed by atoms with van der Waals surface area (Å²) in [6.07, 6.45) is 0. The summed E-state index contributed by atoms with van der Waals surface area (Å²) in [5, 5.41) is 11.8. The summed E-state index contributed by atoms with van der Waals surface area (Å²) in [7, 11) is 2.87. The minimum atomic E-state index is -1.57. The smallest absolute Gasteiger partial charge is 0.318 e. The second-order valence-corrected chi connectivity index (χ2v) is 4.98. The molecule has 1 aromatic rings. The zero-order valence-electron chi connectivity index (χ0n) is 11.6. The lowest BCUT2D eigenvalue weighted by Crippen LogP contribution is -2.37. The monoisotopic (exact) mass is 301 g/mol. The lowest BCUT2D eigenvalue weighted by atomic mass is 9.92. The molecule has 0 atom stereocenters. The number of hydrogen-bond acceptors (Lipinski definition) is 4. The van der Waals surface area contributed by atoms with E-state index in [2.05, 4.69) is 5.32 Å². The summed E-state index contributed by atoms with van der Waals surface area (Å²) in [5.41, 5.74) is -1.30. The lowest BCUT2D eigenvalue weighted by Gasteiger charge is -2.20. The number of amides is 1. The van der Waals surface area contributed by atoms with Gasteiger partial charge in [0.15, 0.2) is 0 Å². The van der Waals surface area contributed by atoms with Gasteiger partial charge in [-0.15, -0.1) is 0 Å². The van der Waals surface area contributed by atoms with E-state index in [4.69, 9.17) is 26.2 Å². The van der Waals surface area contributed by atoms with Gasteiger partial charge in [0.25, 0.3) is 0 Å². The minimum Gasteiger partial charge on any atom is -0.495 e. The molecule has 7 heteroatoms. The second-order valence-electron chi connectivity index (χ2n) is 4.57. The highest BCUT2D eigenvalue weighted by Gasteiger charge is 2.36. The Labute approximate surface area is 121 Å². The number of aliphatic carboxylic acids is 1. The van der Waals surface area contributed by atoms with Crippen LogP contribution < -0.4 is 14.8 Å². The minimum absolute atomic E-state index is 0.275. The van der Waals surface area contributed by atoms with Crippen molar-refractivity contribution < 1.29 is 24.2 Å². The number of carbonyl (C=O) groups excluding carboxylic acids is 1. The van der Waals surface area contributed by atoms with E-state index in [0.29, 0.717) is 11.5 Å². The van der Waals surface area contributed by atoms with Crippen LogP contribution >= 0.6 is 11.6 Å². The fourth-order valence-corrected chi connectivity index (χ4v) is 1.57. The van der Waals surface area contributed by atoms with E-state index in [0.717, 1.165) is 0 Å². The number of carboxylic acid groups (broad SMARTS) is 1. The Kier molecular flexibility index (Phi) is 4.83. The third kappa shape index (κ3) is 3.14. The zero-order valence-corrected chi connectivity index (χ0v) is 12.4. The Hall–Kier alpha value is -1.95. The predicted molar refractivity (Wildman–Crippen MR) is 74.6 cm³/mol. The van der Waals surface area contributed by atoms with Crippen molar-refractivity contribution in [2.75, 3.05) is 19.5 Å². The van der Waals surface area contributed by atoms with E-state index < -0.39 is 17.3 Å². The Morgan fingerprint density at radius 1 is 1.20 bits per heavy atom. The number of halogens is 1. The van der Waals surface area contributed by atoms with Gasteiger partial charge in [-0.05, 0) is 19.9 Å². The van der Waals surface area contributed by atoms with Crippen LogP contribution in [0.25, 0.3) is 0 Å². The number of rotatable bonds is 5. The van der Waals surface area contributed by atoms with E-state index in [1.54, 1.807) is 0 Å². The topological polar surface area (TPSA) is 84.9 Å². The van der Waals surface area contributed by atoms with Gasteiger partial charge in [0.05, 0.1) is 24.9 Å². The summed E-state index contributed by atoms with van der Waals surface area (Å²) in [6, 6.07) is 2.95. The molecular weight excluding hydrogens is 286 g/mol. The van der Waals surface area contributed by atoms with Crippen LogP contribution in [-0.2, 0) is 9.59 Å². The van der Waals surface area contributed by atoms with E-state index in [1.807, 2.05) is 0 Å². The van der Waals surface area contributed by atoms with Gasteiger partial charge in [0.2, 0.25) is 5.91 Å². The van der Waals surface area contributed by atoms with Crippen LogP contribution in [0.4, 0.5) is 5.69 Å². The molecule has 20 heavy (non-hydrogen) atoms. The standard InChI is InChI=1S/C13H16ClNO5/c1-13(2,12(17)18)11(16)15-8-5-7(14)9(19-3)6-10(8)20-4/h5-6H,1-4H3,(H,15,16)(H,17,18). The number of benzene rings is 1. The molecule has 0 aliphatic rings. The first-order chi connectivity index (χ1) is 9.23. The molecule has 1 aromatic carbocycles. The van der Waals surface area contributed by atoms with Gasteiger partial charge in [0, 0.05) is 6.07 Å². The first-order valence-electron chi connectivity index (χ1n) is 5.70. The molecule has 0 heterocycles. The molecule has 0 spiro atoms. The van der Waals surface area contributed by atoms with Gasteiger partial charge >= 0.3 is 5.97 Å². The molecule has 0 fully saturated rings. The molecule has 0 aromatic heterocycles. The Bertz CT molecular complexity index is 542. The number of anilines is 1. The van der Waals surface area contributed by atoms with Crippen molar-refractivity contribution in [2.24, 2.45) is 5.41 Å². The fraction of sp³-hybridized carbons (Fsp3) is 0.385. The molecule has 0 saturated carbocycles. The molecule has 0 saturated heterocycles. The summed E-state index contributed by atoms with van der Waals surface area (Å²) in [5.74, 6) is -1.20. The molecule has 0 aliphatic carbocycles. The van der Waals surface area contributed by atoms with Gasteiger partial charge in [-0.2, -0.15) is 0 Å². The molecule has 0 unspecified atom stereocenters. The molecule has 0 aliphatic heterocycles. The van der Waals surface area contributed by atoms with Crippen molar-refractivity contribution >= 4 is 29.2 Å². The third-order valence-corrected chi connectivity index (χ3v) is 3.12. The van der Waals surface area contributed by atoms with Gasteiger partial charge in [-0.1, -0.05) is 11.6 Å². The van der Waals surface area contributed by atoms with Crippen LogP contribution in [0.2, 0.25) is 5.02 Å². The van der Waals surface area contributed by atoms with Gasteiger partial charge in [-0.3, -0.25) is 9.59 Å². The van der Waals surface area contributed by atoms with Crippen molar-refractivity contribution in [3.63, 3.8) is 0 Å². The fourth-order valence-electron chi connectivity index (χ4n) is 1.33. The third-order valence-electron chi connectivity index (χ3n) is 2.82. The lowest BCUT2D eigenvalue weighted by molar-refractivity contribution is -0.151. The highest BCUT2D eigenvalue weighted by Crippen LogP contribution is 2.36. The quantitative estimate of drug-likeness (QED) is 0.816. The zero-order chi connectivity index (χ0) is 15.5. The van der Waals surface area contributed by atoms with E-state index in [1.165, 1.54) is 40.2 Å². The van der Waals surface area contributed by atoms with Crippen LogP contribution in [0.3, 0.4) is 0 Å². The highest BCUT2D eigenvalue weighted by molar-refractivity contribution is 6.32. The first-order valence-corrected chi connectivity index (χ1v) is 6.08. The maximum Gasteiger partial charge on any atom is 0.318 e. The van der Waals surface area contributed by atoms with Crippen LogP contribution in [0, 0.1) is 5.41 Å². The van der Waals surface area contributed by atoms with Crippen molar-refractivity contribution in [1.29, 1.82) is 0 Å². The molecule has 1 amide bonds. The van der Waals surface area contributed by atoms with E-state index in [-0.39, 0.29) is 10.7 Å². The molecule has 110 valence electrons. The number of ether oxygens (including phenoxy) is 2. The SMILES string of the molecule is COc1cc(OC)c(NC(=O)C(C)(C)C(=O)O)cc1Cl. The summed E-state index contributed by atoms with van der Waals surface area (Å²) < 4.78 is 10.2. The van der Waals surface area contributed by atoms with Crippen LogP contribution in [-0.4, -0.2) is 31.2 Å². The number of carboxylic acids is 1. The van der Waals surface area contributed by atoms with Crippen LogP contribution in [0.5, 0.6) is 11.5 Å². The van der Waals surface area contributed by atoms with Gasteiger partial charge < -0.3 is 19.9 Å². The first kappa shape index (κ1) is 16.1. The number of carbonyl (C=O) groups is 2. The maximum atomic E-state index is 12.0. The van der Waals surface area contributed by atoms with Crippen molar-refractivity contribution in [3.05, 3.63) is 17.2 Å². The molecule has 0 radical (unpaired) electrons. The van der Waals surface area contributed by atoms with Gasteiger partial charge in [0.1, 0.15) is 16.9 Å². The van der Waals surface area contributed by atoms with Crippen LogP contribution in [0.15, 0.2) is 12.1 Å². The average Bonchev–Trinajstić information content (AvgIpc) is 2.38. The van der Waals surface area contributed by atoms with Crippen molar-refractivity contribution in [1.82, 2.24) is 0 Å². The summed E-state index contributed by atoms with van der Waals surface area (Å²) in [6.45, 7) is 2.62. The Morgan fingerprint density at radius 3 is 2.20 bits per heavy atom. The summed E-state index contributed by atoms with van der Waals surface area (Å²) >= 11 is 5.97. The number of hydrogen-bond donors (Lipinski definition) is 2. The van der Waals surface area contributed by atoms with Gasteiger partial charge in [-0.25, -0.2) is 0 Å². The van der Waals surface area contributed by atoms with E-state index in [9.17, 15) is 9.59 Å². The molecular formula is C13H16ClNO5. The molecule has 0 bridgehead atoms. The number of nitrogens with one attached hydrogen (secondary N) is 1. The molecule has 2 N–H and O–H groups in total. The van der Waals surface area contributed by atoms with E-state index >= 15 is 0 Å². The predicted octanol–water partition coefficient (Wildman–Crippen LogP) is 2.41. The van der Waals surface area contributed by atoms with Crippen LogP contribution in [0.1, 0.15) is 13.8 Å². The largest absolute Gasteiger partial charge is 0.495 e. The van der Waals surface area contributed by atoms with Crippen molar-refractivity contribution in [2.45, 2.75) is 13.8 Å². The highest BCUT2D eigenvalue weighted by atomic mass is 35.5. The molecule has 6 nitrogen and oxygen atoms in total. The Morgan fingerprint density at radius 2 is 1.75 bits per heavy atom. The molecule has 1 rings (SSSR count). The normalized spacial score (nSPS) is 10.8. The number of methoxy groups -OCH3 is 2. The average molecular weight is 302 g/mol. The summed E-state index contributed by atoms with van der Waals surface area (Å²) in [4.78, 5) is 23.0. The second kappa shape index (κ2) is 6.00.